The van der Waals surface area contributed by atoms with Crippen LogP contribution in [0.4, 0.5) is 16.0 Å². The number of benzene rings is 2. The second-order valence-electron chi connectivity index (χ2n) is 7.74. The Kier molecular flexibility index (Phi) is 7.24. The molecule has 0 aliphatic carbocycles. The molecule has 0 saturated carbocycles. The van der Waals surface area contributed by atoms with E-state index in [1.807, 2.05) is 0 Å². The summed E-state index contributed by atoms with van der Waals surface area (Å²) in [7, 11) is 3.71. The standard InChI is InChI=1S/C23H26ClFN4O3/c1-28-8-6-18(7-9-28)32-21-14-19(31-11-10-30-2)13-20-22(21)23(27-15-26-20)29(25)17-5-3-4-16(24)12-17/h3-5,12-15,18H,6-11H2,1-2H3. The average Bonchev–Trinajstić information content (AvgIpc) is 2.80. The smallest absolute Gasteiger partial charge is 0.178 e. The summed E-state index contributed by atoms with van der Waals surface area (Å²) in [5.41, 5.74) is 0.792. The molecule has 2 aromatic carbocycles. The molecule has 1 saturated heterocycles. The van der Waals surface area contributed by atoms with Crippen molar-refractivity contribution in [2.45, 2.75) is 18.9 Å². The number of rotatable bonds is 8. The quantitative estimate of drug-likeness (QED) is 0.353. The van der Waals surface area contributed by atoms with Gasteiger partial charge in [-0.25, -0.2) is 9.97 Å². The van der Waals surface area contributed by atoms with Crippen molar-refractivity contribution in [3.05, 3.63) is 47.7 Å². The summed E-state index contributed by atoms with van der Waals surface area (Å²) in [6, 6.07) is 10.1. The van der Waals surface area contributed by atoms with Crippen LogP contribution in [-0.4, -0.2) is 61.4 Å². The van der Waals surface area contributed by atoms with E-state index in [4.69, 9.17) is 25.8 Å². The molecule has 4 rings (SSSR count). The monoisotopic (exact) mass is 460 g/mol. The Morgan fingerprint density at radius 2 is 1.97 bits per heavy atom. The Morgan fingerprint density at radius 3 is 2.72 bits per heavy atom. The zero-order valence-electron chi connectivity index (χ0n) is 18.1. The van der Waals surface area contributed by atoms with Crippen LogP contribution in [0.1, 0.15) is 12.8 Å². The van der Waals surface area contributed by atoms with Crippen LogP contribution in [0.5, 0.6) is 11.5 Å². The van der Waals surface area contributed by atoms with Gasteiger partial charge in [-0.3, -0.25) is 0 Å². The van der Waals surface area contributed by atoms with E-state index in [0.29, 0.717) is 45.8 Å². The number of halogens is 2. The molecule has 1 aliphatic heterocycles. The number of nitrogens with zero attached hydrogens (tertiary/aromatic N) is 4. The minimum absolute atomic E-state index is 0.0101. The van der Waals surface area contributed by atoms with E-state index in [9.17, 15) is 0 Å². The fraction of sp³-hybridized carbons (Fsp3) is 0.391. The molecular formula is C23H26ClFN4O3. The van der Waals surface area contributed by atoms with Gasteiger partial charge in [-0.05, 0) is 38.1 Å². The van der Waals surface area contributed by atoms with Gasteiger partial charge in [0.15, 0.2) is 5.82 Å². The van der Waals surface area contributed by atoms with Crippen LogP contribution >= 0.6 is 11.6 Å². The molecule has 0 atom stereocenters. The maximum absolute atomic E-state index is 15.5. The van der Waals surface area contributed by atoms with Gasteiger partial charge in [0.1, 0.15) is 30.5 Å². The molecule has 32 heavy (non-hydrogen) atoms. The average molecular weight is 461 g/mol. The lowest BCUT2D eigenvalue weighted by Crippen LogP contribution is -2.35. The Labute approximate surface area is 191 Å². The maximum Gasteiger partial charge on any atom is 0.178 e. The molecule has 0 N–H and O–H groups in total. The molecule has 2 heterocycles. The highest BCUT2D eigenvalue weighted by molar-refractivity contribution is 6.30. The van der Waals surface area contributed by atoms with Gasteiger partial charge in [0, 0.05) is 37.4 Å². The van der Waals surface area contributed by atoms with Crippen molar-refractivity contribution in [2.75, 3.05) is 45.6 Å². The third-order valence-corrected chi connectivity index (χ3v) is 5.63. The number of hydrogen-bond donors (Lipinski definition) is 0. The molecule has 1 aromatic heterocycles. The molecule has 0 bridgehead atoms. The zero-order chi connectivity index (χ0) is 22.5. The first-order valence-corrected chi connectivity index (χ1v) is 10.9. The first-order chi connectivity index (χ1) is 15.5. The molecule has 0 spiro atoms. The summed E-state index contributed by atoms with van der Waals surface area (Å²) in [5, 5.41) is 1.41. The Balaban J connectivity index is 1.75. The van der Waals surface area contributed by atoms with Gasteiger partial charge in [-0.2, -0.15) is 5.12 Å². The van der Waals surface area contributed by atoms with Crippen molar-refractivity contribution in [3.8, 4) is 11.5 Å². The fourth-order valence-electron chi connectivity index (χ4n) is 3.68. The third kappa shape index (κ3) is 5.20. The SMILES string of the molecule is COCCOc1cc(OC2CCN(C)CC2)c2c(N(F)c3cccc(Cl)c3)ncnc2c1. The van der Waals surface area contributed by atoms with E-state index in [-0.39, 0.29) is 17.6 Å². The topological polar surface area (TPSA) is 60.0 Å². The minimum Gasteiger partial charge on any atom is -0.491 e. The second-order valence-corrected chi connectivity index (χ2v) is 8.17. The predicted octanol–water partition coefficient (Wildman–Crippen LogP) is 4.80. The molecule has 1 fully saturated rings. The van der Waals surface area contributed by atoms with Crippen LogP contribution < -0.4 is 14.6 Å². The minimum atomic E-state index is 0.0101. The van der Waals surface area contributed by atoms with Gasteiger partial charge in [-0.15, -0.1) is 0 Å². The fourth-order valence-corrected chi connectivity index (χ4v) is 3.87. The molecular weight excluding hydrogens is 435 g/mol. The van der Waals surface area contributed by atoms with Gasteiger partial charge in [0.2, 0.25) is 0 Å². The Hall–Kier alpha value is -2.68. The van der Waals surface area contributed by atoms with Crippen LogP contribution in [0.2, 0.25) is 5.02 Å². The second kappa shape index (κ2) is 10.3. The maximum atomic E-state index is 15.5. The summed E-state index contributed by atoms with van der Waals surface area (Å²) in [6.45, 7) is 2.71. The van der Waals surface area contributed by atoms with E-state index in [2.05, 4.69) is 21.9 Å². The van der Waals surface area contributed by atoms with Gasteiger partial charge in [0.05, 0.1) is 23.2 Å². The number of aromatic nitrogens is 2. The highest BCUT2D eigenvalue weighted by atomic mass is 35.5. The van der Waals surface area contributed by atoms with Gasteiger partial charge in [-0.1, -0.05) is 22.1 Å². The first-order valence-electron chi connectivity index (χ1n) is 10.5. The molecule has 1 aliphatic rings. The van der Waals surface area contributed by atoms with Crippen LogP contribution in [-0.2, 0) is 4.74 Å². The Bertz CT molecular complexity index is 1060. The Morgan fingerprint density at radius 1 is 1.16 bits per heavy atom. The van der Waals surface area contributed by atoms with Crippen molar-refractivity contribution in [1.82, 2.24) is 14.9 Å². The molecule has 3 aromatic rings. The lowest BCUT2D eigenvalue weighted by molar-refractivity contribution is 0.115. The van der Waals surface area contributed by atoms with Crippen LogP contribution in [0.25, 0.3) is 10.9 Å². The van der Waals surface area contributed by atoms with Crippen LogP contribution in [0.15, 0.2) is 42.7 Å². The third-order valence-electron chi connectivity index (χ3n) is 5.39. The number of fused-ring (bicyclic) bond motifs is 1. The summed E-state index contributed by atoms with van der Waals surface area (Å²) < 4.78 is 32.8. The number of piperidine rings is 1. The number of methoxy groups -OCH3 is 1. The summed E-state index contributed by atoms with van der Waals surface area (Å²) in [6.07, 6.45) is 3.09. The van der Waals surface area contributed by atoms with Crippen molar-refractivity contribution in [3.63, 3.8) is 0 Å². The highest BCUT2D eigenvalue weighted by Crippen LogP contribution is 2.39. The van der Waals surface area contributed by atoms with E-state index in [1.54, 1.807) is 37.4 Å². The summed E-state index contributed by atoms with van der Waals surface area (Å²) in [4.78, 5) is 10.9. The number of ether oxygens (including phenoxy) is 3. The molecule has 7 nitrogen and oxygen atoms in total. The molecule has 0 radical (unpaired) electrons. The lowest BCUT2D eigenvalue weighted by Gasteiger charge is -2.30. The zero-order valence-corrected chi connectivity index (χ0v) is 18.9. The van der Waals surface area contributed by atoms with Crippen LogP contribution in [0, 0.1) is 0 Å². The van der Waals surface area contributed by atoms with E-state index in [1.165, 1.54) is 12.4 Å². The molecule has 0 unspecified atom stereocenters. The van der Waals surface area contributed by atoms with E-state index in [0.717, 1.165) is 25.9 Å². The number of likely N-dealkylation sites (tertiary alicyclic amines) is 1. The largest absolute Gasteiger partial charge is 0.491 e. The number of anilines is 2. The summed E-state index contributed by atoms with van der Waals surface area (Å²) in [5.74, 6) is 1.16. The highest BCUT2D eigenvalue weighted by Gasteiger charge is 2.23. The molecule has 9 heteroatoms. The van der Waals surface area contributed by atoms with Gasteiger partial charge >= 0.3 is 0 Å². The van der Waals surface area contributed by atoms with Crippen molar-refractivity contribution in [2.24, 2.45) is 0 Å². The van der Waals surface area contributed by atoms with Gasteiger partial charge in [0.25, 0.3) is 0 Å². The predicted molar refractivity (Wildman–Crippen MR) is 123 cm³/mol. The van der Waals surface area contributed by atoms with E-state index < -0.39 is 0 Å². The lowest BCUT2D eigenvalue weighted by atomic mass is 10.1. The molecule has 170 valence electrons. The first kappa shape index (κ1) is 22.5. The normalized spacial score (nSPS) is 15.1. The number of hydrogen-bond acceptors (Lipinski definition) is 7. The molecule has 0 amide bonds. The van der Waals surface area contributed by atoms with Crippen molar-refractivity contribution in [1.29, 1.82) is 0 Å². The summed E-state index contributed by atoms with van der Waals surface area (Å²) >= 11 is 6.07. The van der Waals surface area contributed by atoms with Crippen LogP contribution in [0.3, 0.4) is 0 Å². The van der Waals surface area contributed by atoms with Crippen molar-refractivity contribution < 1.29 is 18.7 Å². The van der Waals surface area contributed by atoms with E-state index >= 15 is 4.48 Å². The van der Waals surface area contributed by atoms with Gasteiger partial charge < -0.3 is 19.1 Å². The van der Waals surface area contributed by atoms with Crippen molar-refractivity contribution >= 4 is 34.0 Å².